The lowest BCUT2D eigenvalue weighted by atomic mass is 10.0. The Morgan fingerprint density at radius 1 is 0.512 bits per heavy atom. The van der Waals surface area contributed by atoms with Crippen LogP contribution in [-0.4, -0.2) is 58.8 Å². The topological polar surface area (TPSA) is 115 Å². The van der Waals surface area contributed by atoms with Crippen molar-refractivity contribution >= 4 is 17.9 Å². The predicted molar refractivity (Wildman–Crippen MR) is 166 cm³/mol. The first-order valence-electron chi connectivity index (χ1n) is 16.9. The lowest BCUT2D eigenvalue weighted by Gasteiger charge is -2.39. The highest BCUT2D eigenvalue weighted by molar-refractivity contribution is 5.66. The molecule has 2 N–H and O–H groups in total. The Bertz CT molecular complexity index is 628. The summed E-state index contributed by atoms with van der Waals surface area (Å²) in [6.45, 7) is 5.03. The van der Waals surface area contributed by atoms with Crippen LogP contribution in [0.1, 0.15) is 161 Å². The third kappa shape index (κ3) is 28.0. The molecular weight excluding hydrogens is 518 g/mol. The normalized spacial score (nSPS) is 11.8. The van der Waals surface area contributed by atoms with E-state index in [4.69, 9.17) is 10.2 Å². The summed E-state index contributed by atoms with van der Waals surface area (Å²) < 4.78 is 0.614. The fraction of sp³-hybridized carbons (Fsp3) is 0.853. The molecule has 0 heterocycles. The van der Waals surface area contributed by atoms with Crippen LogP contribution in [0.2, 0.25) is 0 Å². The van der Waals surface area contributed by atoms with E-state index in [9.17, 15) is 19.5 Å². The Balaban J connectivity index is 4.08. The van der Waals surface area contributed by atoms with Gasteiger partial charge in [0.15, 0.2) is 0 Å². The molecule has 0 unspecified atom stereocenters. The average molecular weight is 582 g/mol. The second-order valence-corrected chi connectivity index (χ2v) is 12.1. The zero-order valence-electron chi connectivity index (χ0n) is 26.4. The Hall–Kier alpha value is -1.89. The minimum absolute atomic E-state index is 0.0197. The molecule has 41 heavy (non-hydrogen) atoms. The summed E-state index contributed by atoms with van der Waals surface area (Å²) in [6, 6.07) is 0. The van der Waals surface area contributed by atoms with Crippen molar-refractivity contribution in [3.8, 4) is 0 Å². The van der Waals surface area contributed by atoms with Gasteiger partial charge in [0.05, 0.1) is 39.0 Å². The highest BCUT2D eigenvalue weighted by Crippen LogP contribution is 2.19. The van der Waals surface area contributed by atoms with E-state index in [2.05, 4.69) is 19.1 Å². The first kappa shape index (κ1) is 39.1. The summed E-state index contributed by atoms with van der Waals surface area (Å²) in [5.41, 5.74) is 0. The van der Waals surface area contributed by atoms with Crippen LogP contribution in [-0.2, 0) is 14.4 Å². The number of allylic oxidation sites excluding steroid dienone is 2. The lowest BCUT2D eigenvalue weighted by Crippen LogP contribution is -2.51. The van der Waals surface area contributed by atoms with Gasteiger partial charge in [0.2, 0.25) is 0 Å². The van der Waals surface area contributed by atoms with Crippen LogP contribution in [0.3, 0.4) is 0 Å². The number of hydrogen-bond acceptors (Lipinski definition) is 4. The van der Waals surface area contributed by atoms with Gasteiger partial charge in [-0.25, -0.2) is 0 Å². The van der Waals surface area contributed by atoms with Crippen molar-refractivity contribution in [2.45, 2.75) is 161 Å². The molecule has 0 rings (SSSR count). The molecule has 0 aromatic carbocycles. The van der Waals surface area contributed by atoms with Gasteiger partial charge in [-0.2, -0.15) is 0 Å². The van der Waals surface area contributed by atoms with Crippen LogP contribution in [0.4, 0.5) is 0 Å². The quantitative estimate of drug-likeness (QED) is 0.0479. The van der Waals surface area contributed by atoms with Crippen molar-refractivity contribution in [2.75, 3.05) is 26.2 Å². The summed E-state index contributed by atoms with van der Waals surface area (Å²) in [5, 5.41) is 29.1. The summed E-state index contributed by atoms with van der Waals surface area (Å²) >= 11 is 0. The molecule has 7 nitrogen and oxygen atoms in total. The van der Waals surface area contributed by atoms with Gasteiger partial charge in [-0.1, -0.05) is 96.1 Å². The van der Waals surface area contributed by atoms with Crippen LogP contribution in [0.25, 0.3) is 0 Å². The van der Waals surface area contributed by atoms with Gasteiger partial charge in [-0.3, -0.25) is 9.59 Å². The van der Waals surface area contributed by atoms with Crippen LogP contribution < -0.4 is 5.11 Å². The highest BCUT2D eigenvalue weighted by atomic mass is 16.4. The largest absolute Gasteiger partial charge is 0.550 e. The minimum atomic E-state index is -1.07. The zero-order chi connectivity index (χ0) is 30.4. The molecule has 0 saturated carbocycles. The molecule has 0 radical (unpaired) electrons. The fourth-order valence-corrected chi connectivity index (χ4v) is 5.76. The van der Waals surface area contributed by atoms with Gasteiger partial charge >= 0.3 is 11.9 Å². The maximum atomic E-state index is 11.1. The number of quaternary nitrogens is 1. The summed E-state index contributed by atoms with van der Waals surface area (Å²) in [5.74, 6) is -2.74. The summed E-state index contributed by atoms with van der Waals surface area (Å²) in [6.07, 6.45) is 29.4. The van der Waals surface area contributed by atoms with E-state index in [1.165, 1.54) is 103 Å². The molecule has 7 heteroatoms. The van der Waals surface area contributed by atoms with Gasteiger partial charge < -0.3 is 24.6 Å². The van der Waals surface area contributed by atoms with Crippen LogP contribution in [0, 0.1) is 0 Å². The summed E-state index contributed by atoms with van der Waals surface area (Å²) in [7, 11) is 0. The first-order chi connectivity index (χ1) is 19.8. The van der Waals surface area contributed by atoms with E-state index in [-0.39, 0.29) is 19.3 Å². The maximum absolute atomic E-state index is 11.1. The fourth-order valence-electron chi connectivity index (χ4n) is 5.76. The number of unbranched alkanes of at least 4 members (excludes halogenated alkanes) is 16. The average Bonchev–Trinajstić information content (AvgIpc) is 2.91. The number of carboxylic acids is 3. The van der Waals surface area contributed by atoms with Crippen molar-refractivity contribution in [1.29, 1.82) is 0 Å². The van der Waals surface area contributed by atoms with Crippen molar-refractivity contribution in [3.63, 3.8) is 0 Å². The molecule has 0 aliphatic heterocycles. The SMILES string of the molecule is CCCCCCC/C=C/CCCCCCCCCCCCC[N+](CCCC(=O)[O-])(CCCC(=O)O)CCCC(=O)O. The van der Waals surface area contributed by atoms with Crippen molar-refractivity contribution in [1.82, 2.24) is 0 Å². The number of carboxylic acid groups (broad SMARTS) is 3. The first-order valence-corrected chi connectivity index (χ1v) is 16.9. The molecule has 240 valence electrons. The second kappa shape index (κ2) is 28.2. The third-order valence-electron chi connectivity index (χ3n) is 8.20. The number of nitrogens with zero attached hydrogens (tertiary/aromatic N) is 1. The molecule has 0 aliphatic carbocycles. The van der Waals surface area contributed by atoms with E-state index in [0.29, 0.717) is 43.4 Å². The van der Waals surface area contributed by atoms with Crippen molar-refractivity contribution < 1.29 is 34.2 Å². The maximum Gasteiger partial charge on any atom is 0.303 e. The van der Waals surface area contributed by atoms with Crippen LogP contribution >= 0.6 is 0 Å². The van der Waals surface area contributed by atoms with Crippen molar-refractivity contribution in [2.24, 2.45) is 0 Å². The summed E-state index contributed by atoms with van der Waals surface area (Å²) in [4.78, 5) is 33.1. The number of aliphatic carboxylic acids is 3. The molecule has 0 amide bonds. The van der Waals surface area contributed by atoms with Crippen molar-refractivity contribution in [3.05, 3.63) is 12.2 Å². The van der Waals surface area contributed by atoms with Gasteiger partial charge in [-0.15, -0.1) is 0 Å². The van der Waals surface area contributed by atoms with E-state index in [1.807, 2.05) is 0 Å². The smallest absolute Gasteiger partial charge is 0.303 e. The van der Waals surface area contributed by atoms with Gasteiger partial charge in [-0.05, 0) is 44.9 Å². The number of carbonyl (C=O) groups excluding carboxylic acids is 1. The molecule has 0 bridgehead atoms. The van der Waals surface area contributed by atoms with E-state index in [1.54, 1.807) is 0 Å². The molecule has 0 spiro atoms. The lowest BCUT2D eigenvalue weighted by molar-refractivity contribution is -0.929. The van der Waals surface area contributed by atoms with Crippen LogP contribution in [0.5, 0.6) is 0 Å². The highest BCUT2D eigenvalue weighted by Gasteiger charge is 2.26. The van der Waals surface area contributed by atoms with E-state index < -0.39 is 17.9 Å². The standard InChI is InChI=1S/C34H63NO6/c1-2-3-4-5-6-7-8-9-10-11-12-13-14-15-16-17-18-19-20-21-28-35(29-22-25-32(36)37,30-23-26-33(38)39)31-24-27-34(40)41/h8-9H,2-7,10-31H2,1H3,(H2-,36,37,38,39,40,41)/b9-8+. The van der Waals surface area contributed by atoms with Gasteiger partial charge in [0.25, 0.3) is 0 Å². The van der Waals surface area contributed by atoms with Gasteiger partial charge in [0.1, 0.15) is 0 Å². The molecular formula is C34H63NO6. The monoisotopic (exact) mass is 581 g/mol. The molecule has 0 fully saturated rings. The number of carbonyl (C=O) groups is 3. The predicted octanol–water partition coefficient (Wildman–Crippen LogP) is 7.66. The van der Waals surface area contributed by atoms with E-state index >= 15 is 0 Å². The molecule has 0 aromatic rings. The molecule has 0 aliphatic rings. The molecule has 0 atom stereocenters. The Kier molecular flexibility index (Phi) is 26.9. The van der Waals surface area contributed by atoms with Crippen LogP contribution in [0.15, 0.2) is 12.2 Å². The third-order valence-corrected chi connectivity index (χ3v) is 8.20. The number of hydrogen-bond donors (Lipinski definition) is 2. The van der Waals surface area contributed by atoms with E-state index in [0.717, 1.165) is 19.4 Å². The zero-order valence-corrected chi connectivity index (χ0v) is 26.4. The Morgan fingerprint density at radius 3 is 1.24 bits per heavy atom. The number of rotatable bonds is 32. The molecule has 0 aromatic heterocycles. The van der Waals surface area contributed by atoms with Gasteiger partial charge in [0, 0.05) is 25.2 Å². The Labute approximate surface area is 251 Å². The molecule has 0 saturated heterocycles. The second-order valence-electron chi connectivity index (χ2n) is 12.1. The Morgan fingerprint density at radius 2 is 0.854 bits per heavy atom. The minimum Gasteiger partial charge on any atom is -0.550 e.